The molecule has 1 N–H and O–H groups in total. The van der Waals surface area contributed by atoms with Gasteiger partial charge >= 0.3 is 0 Å². The fourth-order valence-corrected chi connectivity index (χ4v) is 4.05. The third kappa shape index (κ3) is 3.06. The first kappa shape index (κ1) is 16.3. The highest BCUT2D eigenvalue weighted by Gasteiger charge is 2.32. The molecule has 1 aromatic heterocycles. The molecule has 0 saturated carbocycles. The van der Waals surface area contributed by atoms with E-state index in [0.29, 0.717) is 17.4 Å². The van der Waals surface area contributed by atoms with Gasteiger partial charge in [0, 0.05) is 13.1 Å². The molecule has 2 aromatic rings. The molecule has 0 radical (unpaired) electrons. The van der Waals surface area contributed by atoms with E-state index in [-0.39, 0.29) is 11.7 Å². The van der Waals surface area contributed by atoms with Gasteiger partial charge in [-0.2, -0.15) is 5.10 Å². The van der Waals surface area contributed by atoms with E-state index < -0.39 is 0 Å². The minimum Gasteiger partial charge on any atom is -0.339 e. The first-order chi connectivity index (χ1) is 12.1. The van der Waals surface area contributed by atoms with Gasteiger partial charge in [0.1, 0.15) is 5.82 Å². The molecule has 1 amide bonds. The van der Waals surface area contributed by atoms with Gasteiger partial charge < -0.3 is 10.2 Å². The van der Waals surface area contributed by atoms with E-state index in [1.807, 2.05) is 11.8 Å². The van der Waals surface area contributed by atoms with Gasteiger partial charge in [-0.3, -0.25) is 4.79 Å². The lowest BCUT2D eigenvalue weighted by Gasteiger charge is -2.20. The second-order valence-electron chi connectivity index (χ2n) is 7.08. The van der Waals surface area contributed by atoms with Crippen LogP contribution in [0.2, 0.25) is 0 Å². The number of carbonyl (C=O) groups is 1. The van der Waals surface area contributed by atoms with Gasteiger partial charge in [0.05, 0.1) is 23.1 Å². The average Bonchev–Trinajstić information content (AvgIpc) is 3.17. The molecule has 2 saturated heterocycles. The maximum Gasteiger partial charge on any atom is 0.257 e. The highest BCUT2D eigenvalue weighted by Crippen LogP contribution is 2.28. The molecular formula is C19H23FN4O. The van der Waals surface area contributed by atoms with Crippen molar-refractivity contribution in [2.75, 3.05) is 26.2 Å². The van der Waals surface area contributed by atoms with E-state index in [1.54, 1.807) is 23.0 Å². The van der Waals surface area contributed by atoms with Crippen molar-refractivity contribution in [3.63, 3.8) is 0 Å². The second-order valence-corrected chi connectivity index (χ2v) is 7.08. The lowest BCUT2D eigenvalue weighted by Crippen LogP contribution is -2.33. The smallest absolute Gasteiger partial charge is 0.257 e. The predicted molar refractivity (Wildman–Crippen MR) is 93.2 cm³/mol. The quantitative estimate of drug-likeness (QED) is 0.912. The highest BCUT2D eigenvalue weighted by molar-refractivity contribution is 5.95. The molecule has 2 aliphatic heterocycles. The van der Waals surface area contributed by atoms with Crippen LogP contribution in [-0.4, -0.2) is 46.8 Å². The van der Waals surface area contributed by atoms with Crippen LogP contribution in [0.25, 0.3) is 5.69 Å². The first-order valence-corrected chi connectivity index (χ1v) is 8.94. The summed E-state index contributed by atoms with van der Waals surface area (Å²) in [5, 5.41) is 7.81. The molecule has 132 valence electrons. The predicted octanol–water partition coefficient (Wildman–Crippen LogP) is 2.39. The lowest BCUT2D eigenvalue weighted by atomic mass is 9.92. The summed E-state index contributed by atoms with van der Waals surface area (Å²) >= 11 is 0. The number of rotatable bonds is 2. The van der Waals surface area contributed by atoms with E-state index in [2.05, 4.69) is 10.4 Å². The summed E-state index contributed by atoms with van der Waals surface area (Å²) in [6.45, 7) is 5.66. The Morgan fingerprint density at radius 1 is 1.16 bits per heavy atom. The maximum absolute atomic E-state index is 13.1. The standard InChI is InChI=1S/C19H23FN4O/c1-13-18(12-22-24(13)17-4-2-16(20)3-5-17)19(25)23-8-6-14-10-21-11-15(14)7-9-23/h2-5,12,14-15,21H,6-11H2,1H3/t14-,15+. The summed E-state index contributed by atoms with van der Waals surface area (Å²) < 4.78 is 14.8. The van der Waals surface area contributed by atoms with Crippen molar-refractivity contribution in [2.45, 2.75) is 19.8 Å². The van der Waals surface area contributed by atoms with Crippen LogP contribution < -0.4 is 5.32 Å². The third-order valence-electron chi connectivity index (χ3n) is 5.62. The molecule has 2 aliphatic rings. The van der Waals surface area contributed by atoms with Crippen molar-refractivity contribution in [2.24, 2.45) is 11.8 Å². The van der Waals surface area contributed by atoms with E-state index in [4.69, 9.17) is 0 Å². The number of carbonyl (C=O) groups excluding carboxylic acids is 1. The number of nitrogens with one attached hydrogen (secondary N) is 1. The minimum absolute atomic E-state index is 0.0544. The van der Waals surface area contributed by atoms with E-state index in [0.717, 1.165) is 50.4 Å². The van der Waals surface area contributed by atoms with E-state index in [9.17, 15) is 9.18 Å². The number of likely N-dealkylation sites (tertiary alicyclic amines) is 1. The molecule has 6 heteroatoms. The lowest BCUT2D eigenvalue weighted by molar-refractivity contribution is 0.0757. The summed E-state index contributed by atoms with van der Waals surface area (Å²) in [6.07, 6.45) is 3.76. The zero-order chi connectivity index (χ0) is 17.4. The largest absolute Gasteiger partial charge is 0.339 e. The number of amides is 1. The number of halogens is 1. The summed E-state index contributed by atoms with van der Waals surface area (Å²) in [5.74, 6) is 1.16. The number of hydrogen-bond acceptors (Lipinski definition) is 3. The molecule has 4 rings (SSSR count). The Labute approximate surface area is 146 Å². The fourth-order valence-electron chi connectivity index (χ4n) is 4.05. The summed E-state index contributed by atoms with van der Waals surface area (Å²) in [5.41, 5.74) is 2.19. The Hall–Kier alpha value is -2.21. The van der Waals surface area contributed by atoms with Gasteiger partial charge in [0.25, 0.3) is 5.91 Å². The summed E-state index contributed by atoms with van der Waals surface area (Å²) in [6, 6.07) is 6.15. The van der Waals surface area contributed by atoms with Crippen LogP contribution in [0, 0.1) is 24.6 Å². The molecule has 5 nitrogen and oxygen atoms in total. The zero-order valence-electron chi connectivity index (χ0n) is 14.4. The molecule has 0 aliphatic carbocycles. The fraction of sp³-hybridized carbons (Fsp3) is 0.474. The molecular weight excluding hydrogens is 319 g/mol. The Bertz CT molecular complexity index is 756. The molecule has 0 spiro atoms. The molecule has 0 bridgehead atoms. The highest BCUT2D eigenvalue weighted by atomic mass is 19.1. The van der Waals surface area contributed by atoms with Crippen LogP contribution in [0.15, 0.2) is 30.5 Å². The van der Waals surface area contributed by atoms with Crippen LogP contribution in [0.5, 0.6) is 0 Å². The van der Waals surface area contributed by atoms with Crippen molar-refractivity contribution in [1.29, 1.82) is 0 Å². The van der Waals surface area contributed by atoms with Gasteiger partial charge in [-0.25, -0.2) is 9.07 Å². The number of fused-ring (bicyclic) bond motifs is 1. The number of aromatic nitrogens is 2. The van der Waals surface area contributed by atoms with Crippen molar-refractivity contribution < 1.29 is 9.18 Å². The molecule has 2 atom stereocenters. The van der Waals surface area contributed by atoms with E-state index in [1.165, 1.54) is 12.1 Å². The summed E-state index contributed by atoms with van der Waals surface area (Å²) in [7, 11) is 0. The number of nitrogens with zero attached hydrogens (tertiary/aromatic N) is 3. The maximum atomic E-state index is 13.1. The normalized spacial score (nSPS) is 23.4. The average molecular weight is 342 g/mol. The number of hydrogen-bond donors (Lipinski definition) is 1. The van der Waals surface area contributed by atoms with Gasteiger partial charge in [0.15, 0.2) is 0 Å². The minimum atomic E-state index is -0.283. The number of benzene rings is 1. The Balaban J connectivity index is 1.53. The van der Waals surface area contributed by atoms with Gasteiger partial charge in [0.2, 0.25) is 0 Å². The van der Waals surface area contributed by atoms with Crippen molar-refractivity contribution in [3.05, 3.63) is 47.5 Å². The Morgan fingerprint density at radius 3 is 2.44 bits per heavy atom. The van der Waals surface area contributed by atoms with Crippen molar-refractivity contribution >= 4 is 5.91 Å². The van der Waals surface area contributed by atoms with Crippen LogP contribution in [0.1, 0.15) is 28.9 Å². The van der Waals surface area contributed by atoms with Crippen LogP contribution in [0.4, 0.5) is 4.39 Å². The Morgan fingerprint density at radius 2 is 1.80 bits per heavy atom. The van der Waals surface area contributed by atoms with Crippen molar-refractivity contribution in [1.82, 2.24) is 20.0 Å². The monoisotopic (exact) mass is 342 g/mol. The molecule has 2 fully saturated rings. The first-order valence-electron chi connectivity index (χ1n) is 8.94. The Kier molecular flexibility index (Phi) is 4.29. The van der Waals surface area contributed by atoms with Gasteiger partial charge in [-0.05, 0) is 69.0 Å². The topological polar surface area (TPSA) is 50.2 Å². The van der Waals surface area contributed by atoms with Crippen LogP contribution in [-0.2, 0) is 0 Å². The second kappa shape index (κ2) is 6.59. The SMILES string of the molecule is Cc1c(C(=O)N2CC[C@@H]3CNC[C@@H]3CC2)cnn1-c1ccc(F)cc1. The zero-order valence-corrected chi connectivity index (χ0v) is 14.4. The molecule has 0 unspecified atom stereocenters. The molecule has 1 aromatic carbocycles. The summed E-state index contributed by atoms with van der Waals surface area (Å²) in [4.78, 5) is 15.0. The van der Waals surface area contributed by atoms with Gasteiger partial charge in [-0.15, -0.1) is 0 Å². The van der Waals surface area contributed by atoms with Crippen LogP contribution in [0.3, 0.4) is 0 Å². The van der Waals surface area contributed by atoms with E-state index >= 15 is 0 Å². The third-order valence-corrected chi connectivity index (χ3v) is 5.62. The molecule has 25 heavy (non-hydrogen) atoms. The van der Waals surface area contributed by atoms with Crippen molar-refractivity contribution in [3.8, 4) is 5.69 Å². The van der Waals surface area contributed by atoms with Crippen LogP contribution >= 0.6 is 0 Å². The molecule has 3 heterocycles. The van der Waals surface area contributed by atoms with Gasteiger partial charge in [-0.1, -0.05) is 0 Å².